The summed E-state index contributed by atoms with van der Waals surface area (Å²) in [5, 5.41) is 9.50. The number of rotatable bonds is 4. The number of allylic oxidation sites excluding steroid dienone is 1. The Labute approximate surface area is 84.0 Å². The number of benzene rings is 1. The lowest BCUT2D eigenvalue weighted by atomic mass is 10.0. The van der Waals surface area contributed by atoms with Gasteiger partial charge in [-0.3, -0.25) is 0 Å². The third-order valence-corrected chi connectivity index (χ3v) is 2.15. The van der Waals surface area contributed by atoms with Crippen LogP contribution in [-0.2, 0) is 6.42 Å². The van der Waals surface area contributed by atoms with Crippen molar-refractivity contribution < 1.29 is 5.11 Å². The standard InChI is InChI=1S/C11H16N2O/c1-2-3-9-6-8(10(13)7-12)4-5-11(9)14/h2,4-6,10,14H,1,3,7,12-13H2/t10-/m1/s1. The van der Waals surface area contributed by atoms with Crippen LogP contribution in [0.5, 0.6) is 5.75 Å². The maximum absolute atomic E-state index is 9.50. The van der Waals surface area contributed by atoms with Gasteiger partial charge in [-0.25, -0.2) is 0 Å². The highest BCUT2D eigenvalue weighted by molar-refractivity contribution is 5.38. The lowest BCUT2D eigenvalue weighted by Crippen LogP contribution is -2.20. The van der Waals surface area contributed by atoms with Crippen LogP contribution in [-0.4, -0.2) is 11.7 Å². The van der Waals surface area contributed by atoms with Crippen molar-refractivity contribution in [3.05, 3.63) is 42.0 Å². The highest BCUT2D eigenvalue weighted by Gasteiger charge is 2.06. The topological polar surface area (TPSA) is 72.3 Å². The molecule has 0 aliphatic carbocycles. The average molecular weight is 192 g/mol. The molecule has 0 spiro atoms. The van der Waals surface area contributed by atoms with Gasteiger partial charge in [0, 0.05) is 12.6 Å². The summed E-state index contributed by atoms with van der Waals surface area (Å²) < 4.78 is 0. The van der Waals surface area contributed by atoms with E-state index in [1.807, 2.05) is 6.07 Å². The molecule has 1 aromatic rings. The van der Waals surface area contributed by atoms with Crippen LogP contribution >= 0.6 is 0 Å². The molecule has 76 valence electrons. The average Bonchev–Trinajstić information content (AvgIpc) is 2.20. The third-order valence-electron chi connectivity index (χ3n) is 2.15. The van der Waals surface area contributed by atoms with Crippen molar-refractivity contribution in [1.29, 1.82) is 0 Å². The Morgan fingerprint density at radius 2 is 2.21 bits per heavy atom. The molecule has 0 radical (unpaired) electrons. The maximum atomic E-state index is 9.50. The summed E-state index contributed by atoms with van der Waals surface area (Å²) in [5.74, 6) is 0.276. The minimum absolute atomic E-state index is 0.167. The zero-order valence-electron chi connectivity index (χ0n) is 8.11. The first-order chi connectivity index (χ1) is 6.69. The van der Waals surface area contributed by atoms with Crippen LogP contribution in [0.1, 0.15) is 17.2 Å². The number of hydrogen-bond donors (Lipinski definition) is 3. The zero-order chi connectivity index (χ0) is 10.6. The fourth-order valence-electron chi connectivity index (χ4n) is 1.29. The minimum atomic E-state index is -0.167. The summed E-state index contributed by atoms with van der Waals surface area (Å²) in [6, 6.07) is 5.14. The molecule has 3 nitrogen and oxygen atoms in total. The van der Waals surface area contributed by atoms with Crippen LogP contribution in [0.4, 0.5) is 0 Å². The molecule has 0 aliphatic rings. The van der Waals surface area contributed by atoms with E-state index < -0.39 is 0 Å². The Balaban J connectivity index is 2.99. The van der Waals surface area contributed by atoms with Gasteiger partial charge >= 0.3 is 0 Å². The van der Waals surface area contributed by atoms with E-state index in [1.165, 1.54) is 0 Å². The molecule has 0 bridgehead atoms. The molecule has 14 heavy (non-hydrogen) atoms. The molecule has 3 heteroatoms. The highest BCUT2D eigenvalue weighted by atomic mass is 16.3. The Kier molecular flexibility index (Phi) is 3.68. The second-order valence-corrected chi connectivity index (χ2v) is 3.22. The monoisotopic (exact) mass is 192 g/mol. The number of phenolic OH excluding ortho intramolecular Hbond substituents is 1. The third kappa shape index (κ3) is 2.34. The smallest absolute Gasteiger partial charge is 0.119 e. The second kappa shape index (κ2) is 4.79. The summed E-state index contributed by atoms with van der Waals surface area (Å²) >= 11 is 0. The van der Waals surface area contributed by atoms with Crippen molar-refractivity contribution in [1.82, 2.24) is 0 Å². The summed E-state index contributed by atoms with van der Waals surface area (Å²) in [6.07, 6.45) is 2.38. The molecule has 0 saturated heterocycles. The van der Waals surface area contributed by atoms with Crippen molar-refractivity contribution >= 4 is 0 Å². The zero-order valence-corrected chi connectivity index (χ0v) is 8.11. The van der Waals surface area contributed by atoms with E-state index in [0.29, 0.717) is 13.0 Å². The van der Waals surface area contributed by atoms with Crippen molar-refractivity contribution in [2.75, 3.05) is 6.54 Å². The van der Waals surface area contributed by atoms with Gasteiger partial charge < -0.3 is 16.6 Å². The molecule has 5 N–H and O–H groups in total. The number of phenols is 1. The van der Waals surface area contributed by atoms with Gasteiger partial charge in [0.2, 0.25) is 0 Å². The summed E-state index contributed by atoms with van der Waals surface area (Å²) in [5.41, 5.74) is 13.0. The Bertz CT molecular complexity index is 323. The van der Waals surface area contributed by atoms with Gasteiger partial charge in [-0.1, -0.05) is 18.2 Å². The predicted molar refractivity (Wildman–Crippen MR) is 58.0 cm³/mol. The first-order valence-corrected chi connectivity index (χ1v) is 4.57. The lowest BCUT2D eigenvalue weighted by Gasteiger charge is -2.11. The van der Waals surface area contributed by atoms with E-state index in [0.717, 1.165) is 11.1 Å². The molecule has 1 rings (SSSR count). The summed E-state index contributed by atoms with van der Waals surface area (Å²) in [4.78, 5) is 0. The van der Waals surface area contributed by atoms with Crippen molar-refractivity contribution in [3.63, 3.8) is 0 Å². The van der Waals surface area contributed by atoms with Gasteiger partial charge in [0.05, 0.1) is 0 Å². The van der Waals surface area contributed by atoms with E-state index in [-0.39, 0.29) is 11.8 Å². The van der Waals surface area contributed by atoms with E-state index in [9.17, 15) is 5.11 Å². The SMILES string of the molecule is C=CCc1cc([C@H](N)CN)ccc1O. The number of hydrogen-bond acceptors (Lipinski definition) is 3. The predicted octanol–water partition coefficient (Wildman–Crippen LogP) is 1.08. The quantitative estimate of drug-likeness (QED) is 0.625. The molecule has 0 saturated carbocycles. The largest absolute Gasteiger partial charge is 0.508 e. The Hall–Kier alpha value is -1.32. The highest BCUT2D eigenvalue weighted by Crippen LogP contribution is 2.21. The van der Waals surface area contributed by atoms with Gasteiger partial charge in [-0.15, -0.1) is 6.58 Å². The first-order valence-electron chi connectivity index (χ1n) is 4.57. The number of aromatic hydroxyl groups is 1. The Morgan fingerprint density at radius 3 is 2.79 bits per heavy atom. The molecule has 0 unspecified atom stereocenters. The fourth-order valence-corrected chi connectivity index (χ4v) is 1.29. The first kappa shape index (κ1) is 10.8. The van der Waals surface area contributed by atoms with Gasteiger partial charge in [0.15, 0.2) is 0 Å². The molecule has 0 fully saturated rings. The number of nitrogens with two attached hydrogens (primary N) is 2. The summed E-state index contributed by atoms with van der Waals surface area (Å²) in [6.45, 7) is 4.03. The van der Waals surface area contributed by atoms with Gasteiger partial charge in [0.25, 0.3) is 0 Å². The molecule has 1 atom stereocenters. The van der Waals surface area contributed by atoms with Crippen LogP contribution < -0.4 is 11.5 Å². The fraction of sp³-hybridized carbons (Fsp3) is 0.273. The normalized spacial score (nSPS) is 12.4. The van der Waals surface area contributed by atoms with E-state index >= 15 is 0 Å². The molecule has 1 aromatic carbocycles. The van der Waals surface area contributed by atoms with Gasteiger partial charge in [0.1, 0.15) is 5.75 Å². The van der Waals surface area contributed by atoms with E-state index in [4.69, 9.17) is 11.5 Å². The van der Waals surface area contributed by atoms with Crippen LogP contribution in [0.15, 0.2) is 30.9 Å². The maximum Gasteiger partial charge on any atom is 0.119 e. The molecule has 0 aromatic heterocycles. The van der Waals surface area contributed by atoms with Crippen molar-refractivity contribution in [3.8, 4) is 5.75 Å². The van der Waals surface area contributed by atoms with E-state index in [1.54, 1.807) is 18.2 Å². The summed E-state index contributed by atoms with van der Waals surface area (Å²) in [7, 11) is 0. The van der Waals surface area contributed by atoms with Crippen molar-refractivity contribution in [2.24, 2.45) is 11.5 Å². The van der Waals surface area contributed by atoms with Crippen molar-refractivity contribution in [2.45, 2.75) is 12.5 Å². The van der Waals surface area contributed by atoms with Crippen LogP contribution in [0.3, 0.4) is 0 Å². The van der Waals surface area contributed by atoms with Gasteiger partial charge in [-0.2, -0.15) is 0 Å². The molecule has 0 heterocycles. The van der Waals surface area contributed by atoms with Gasteiger partial charge in [-0.05, 0) is 23.6 Å². The molecule has 0 aliphatic heterocycles. The Morgan fingerprint density at radius 1 is 1.50 bits per heavy atom. The second-order valence-electron chi connectivity index (χ2n) is 3.22. The molecular weight excluding hydrogens is 176 g/mol. The van der Waals surface area contributed by atoms with E-state index in [2.05, 4.69) is 6.58 Å². The van der Waals surface area contributed by atoms with Crippen LogP contribution in [0.2, 0.25) is 0 Å². The minimum Gasteiger partial charge on any atom is -0.508 e. The molecular formula is C11H16N2O. The van der Waals surface area contributed by atoms with Crippen LogP contribution in [0.25, 0.3) is 0 Å². The lowest BCUT2D eigenvalue weighted by molar-refractivity contribution is 0.469. The molecule has 0 amide bonds. The van der Waals surface area contributed by atoms with Crippen LogP contribution in [0, 0.1) is 0 Å².